The van der Waals surface area contributed by atoms with Gasteiger partial charge in [0.25, 0.3) is 5.19 Å². The summed E-state index contributed by atoms with van der Waals surface area (Å²) in [5.74, 6) is 1.19. The lowest BCUT2D eigenvalue weighted by atomic mass is 10.0. The number of aryl methyl sites for hydroxylation is 2. The summed E-state index contributed by atoms with van der Waals surface area (Å²) >= 11 is 12.9. The molecule has 0 aliphatic carbocycles. The predicted molar refractivity (Wildman–Crippen MR) is 93.3 cm³/mol. The van der Waals surface area contributed by atoms with E-state index in [1.807, 2.05) is 44.9 Å². The normalized spacial score (nSPS) is 10.6. The molecule has 0 saturated heterocycles. The number of nitrogens with zero attached hydrogens (tertiary/aromatic N) is 2. The number of hydrogen-bond acceptors (Lipinski definition) is 4. The summed E-state index contributed by atoms with van der Waals surface area (Å²) in [5, 5.41) is 8.89. The molecule has 1 aromatic carbocycles. The number of hydrogen-bond donors (Lipinski definition) is 1. The Bertz CT molecular complexity index is 696. The highest BCUT2D eigenvalue weighted by Crippen LogP contribution is 2.36. The molecule has 0 aliphatic heterocycles. The standard InChI is InChI=1S/C15H17Cl2N3OS/c1-5-20(4)14(18)10-6-9(3)11(7-8(10)2)21-15-19-12(16)13(17)22-15/h6-7,18H,5H2,1-4H3. The Morgan fingerprint density at radius 2 is 2.00 bits per heavy atom. The molecule has 2 aromatic rings. The van der Waals surface area contributed by atoms with E-state index in [1.54, 1.807) is 0 Å². The molecule has 0 atom stereocenters. The van der Waals surface area contributed by atoms with Crippen LogP contribution in [0.15, 0.2) is 12.1 Å². The number of halogens is 2. The maximum Gasteiger partial charge on any atom is 0.281 e. The lowest BCUT2D eigenvalue weighted by Crippen LogP contribution is -2.27. The van der Waals surface area contributed by atoms with Crippen molar-refractivity contribution in [3.8, 4) is 10.9 Å². The molecule has 0 spiro atoms. The van der Waals surface area contributed by atoms with Crippen molar-refractivity contribution in [2.75, 3.05) is 13.6 Å². The maximum atomic E-state index is 8.24. The average Bonchev–Trinajstić information content (AvgIpc) is 2.79. The third kappa shape index (κ3) is 3.54. The Kier molecular flexibility index (Phi) is 5.32. The van der Waals surface area contributed by atoms with E-state index in [9.17, 15) is 0 Å². The van der Waals surface area contributed by atoms with Crippen molar-refractivity contribution in [2.45, 2.75) is 20.8 Å². The summed E-state index contributed by atoms with van der Waals surface area (Å²) in [7, 11) is 1.90. The predicted octanol–water partition coefficient (Wildman–Crippen LogP) is 5.14. The second-order valence-electron chi connectivity index (χ2n) is 4.94. The molecule has 1 aromatic heterocycles. The van der Waals surface area contributed by atoms with Crippen LogP contribution < -0.4 is 4.74 Å². The fourth-order valence-electron chi connectivity index (χ4n) is 1.92. The van der Waals surface area contributed by atoms with Crippen molar-refractivity contribution in [1.82, 2.24) is 9.88 Å². The minimum absolute atomic E-state index is 0.249. The molecule has 0 fully saturated rings. The van der Waals surface area contributed by atoms with Gasteiger partial charge in [0.05, 0.1) is 0 Å². The lowest BCUT2D eigenvalue weighted by molar-refractivity contribution is 0.474. The quantitative estimate of drug-likeness (QED) is 0.608. The van der Waals surface area contributed by atoms with Crippen molar-refractivity contribution < 1.29 is 4.74 Å². The average molecular weight is 358 g/mol. The van der Waals surface area contributed by atoms with Crippen LogP contribution in [-0.2, 0) is 0 Å². The lowest BCUT2D eigenvalue weighted by Gasteiger charge is -2.20. The Hall–Kier alpha value is -1.30. The molecule has 22 heavy (non-hydrogen) atoms. The zero-order valence-electron chi connectivity index (χ0n) is 12.8. The van der Waals surface area contributed by atoms with Crippen molar-refractivity contribution >= 4 is 40.4 Å². The number of amidine groups is 1. The minimum Gasteiger partial charge on any atom is -0.431 e. The molecule has 0 aliphatic rings. The van der Waals surface area contributed by atoms with E-state index in [1.165, 1.54) is 11.3 Å². The number of benzene rings is 1. The summed E-state index contributed by atoms with van der Waals surface area (Å²) in [5.41, 5.74) is 2.79. The first-order chi connectivity index (χ1) is 10.3. The third-order valence-electron chi connectivity index (χ3n) is 3.36. The smallest absolute Gasteiger partial charge is 0.281 e. The second-order valence-corrected chi connectivity index (χ2v) is 6.86. The molecule has 2 rings (SSSR count). The van der Waals surface area contributed by atoms with Crippen LogP contribution >= 0.6 is 34.5 Å². The van der Waals surface area contributed by atoms with Crippen LogP contribution in [0, 0.1) is 19.3 Å². The summed E-state index contributed by atoms with van der Waals surface area (Å²) in [6, 6.07) is 3.86. The fourth-order valence-corrected chi connectivity index (χ4v) is 2.96. The first-order valence-electron chi connectivity index (χ1n) is 6.74. The molecule has 1 heterocycles. The SMILES string of the molecule is CCN(C)C(=N)c1cc(C)c(Oc2nc(Cl)c(Cl)s2)cc1C. The van der Waals surface area contributed by atoms with Gasteiger partial charge in [-0.25, -0.2) is 0 Å². The van der Waals surface area contributed by atoms with E-state index in [-0.39, 0.29) is 5.15 Å². The Labute approximate surface area is 144 Å². The molecule has 7 heteroatoms. The van der Waals surface area contributed by atoms with Crippen LogP contribution in [0.1, 0.15) is 23.6 Å². The number of aromatic nitrogens is 1. The van der Waals surface area contributed by atoms with Gasteiger partial charge in [0.2, 0.25) is 0 Å². The molecule has 4 nitrogen and oxygen atoms in total. The molecule has 118 valence electrons. The Balaban J connectivity index is 2.32. The zero-order chi connectivity index (χ0) is 16.4. The Morgan fingerprint density at radius 3 is 2.55 bits per heavy atom. The first kappa shape index (κ1) is 17.1. The summed E-state index contributed by atoms with van der Waals surface area (Å²) in [6.45, 7) is 6.70. The van der Waals surface area contributed by atoms with Gasteiger partial charge in [-0.1, -0.05) is 34.5 Å². The van der Waals surface area contributed by atoms with Gasteiger partial charge in [-0.2, -0.15) is 4.98 Å². The second kappa shape index (κ2) is 6.86. The van der Waals surface area contributed by atoms with Crippen LogP contribution in [0.25, 0.3) is 0 Å². The van der Waals surface area contributed by atoms with Crippen molar-refractivity contribution in [1.29, 1.82) is 5.41 Å². The molecule has 0 unspecified atom stereocenters. The highest BCUT2D eigenvalue weighted by atomic mass is 35.5. The van der Waals surface area contributed by atoms with Crippen LogP contribution in [0.4, 0.5) is 0 Å². The molecule has 0 bridgehead atoms. The Morgan fingerprint density at radius 1 is 1.32 bits per heavy atom. The van der Waals surface area contributed by atoms with E-state index >= 15 is 0 Å². The fraction of sp³-hybridized carbons (Fsp3) is 0.333. The highest BCUT2D eigenvalue weighted by Gasteiger charge is 2.15. The zero-order valence-corrected chi connectivity index (χ0v) is 15.2. The molecule has 1 N–H and O–H groups in total. The highest BCUT2D eigenvalue weighted by molar-refractivity contribution is 7.18. The van der Waals surface area contributed by atoms with Gasteiger partial charge in [-0.15, -0.1) is 0 Å². The van der Waals surface area contributed by atoms with Gasteiger partial charge >= 0.3 is 0 Å². The maximum absolute atomic E-state index is 8.24. The summed E-state index contributed by atoms with van der Waals surface area (Å²) < 4.78 is 6.18. The molecule has 0 radical (unpaired) electrons. The van der Waals surface area contributed by atoms with Gasteiger partial charge in [0.1, 0.15) is 15.9 Å². The molecular formula is C15H17Cl2N3OS. The van der Waals surface area contributed by atoms with Gasteiger partial charge in [0, 0.05) is 19.2 Å². The van der Waals surface area contributed by atoms with Crippen molar-refractivity contribution in [3.63, 3.8) is 0 Å². The van der Waals surface area contributed by atoms with Crippen molar-refractivity contribution in [3.05, 3.63) is 38.3 Å². The number of thiazole rings is 1. The summed E-state index contributed by atoms with van der Waals surface area (Å²) in [6.07, 6.45) is 0. The van der Waals surface area contributed by atoms with Crippen LogP contribution in [-0.4, -0.2) is 29.3 Å². The number of nitrogens with one attached hydrogen (secondary N) is 1. The minimum atomic E-state index is 0.249. The third-order valence-corrected chi connectivity index (χ3v) is 4.97. The van der Waals surface area contributed by atoms with Gasteiger partial charge in [-0.3, -0.25) is 5.41 Å². The molecular weight excluding hydrogens is 341 g/mol. The molecule has 0 saturated carbocycles. The van der Waals surface area contributed by atoms with E-state index in [0.717, 1.165) is 23.2 Å². The van der Waals surface area contributed by atoms with E-state index in [4.69, 9.17) is 33.3 Å². The van der Waals surface area contributed by atoms with Crippen LogP contribution in [0.5, 0.6) is 10.9 Å². The van der Waals surface area contributed by atoms with E-state index in [2.05, 4.69) is 4.98 Å². The largest absolute Gasteiger partial charge is 0.431 e. The van der Waals surface area contributed by atoms with E-state index < -0.39 is 0 Å². The topological polar surface area (TPSA) is 49.2 Å². The summed E-state index contributed by atoms with van der Waals surface area (Å²) in [4.78, 5) is 5.95. The number of rotatable bonds is 4. The van der Waals surface area contributed by atoms with Crippen molar-refractivity contribution in [2.24, 2.45) is 0 Å². The van der Waals surface area contributed by atoms with Gasteiger partial charge < -0.3 is 9.64 Å². The van der Waals surface area contributed by atoms with E-state index in [0.29, 0.717) is 21.1 Å². The van der Waals surface area contributed by atoms with Crippen LogP contribution in [0.2, 0.25) is 9.49 Å². The monoisotopic (exact) mass is 357 g/mol. The van der Waals surface area contributed by atoms with Crippen LogP contribution in [0.3, 0.4) is 0 Å². The number of ether oxygens (including phenoxy) is 1. The molecule has 0 amide bonds. The first-order valence-corrected chi connectivity index (χ1v) is 8.31. The van der Waals surface area contributed by atoms with Gasteiger partial charge in [0.15, 0.2) is 5.15 Å². The van der Waals surface area contributed by atoms with Gasteiger partial charge in [-0.05, 0) is 44.0 Å².